The van der Waals surface area contributed by atoms with Gasteiger partial charge >= 0.3 is 0 Å². The first-order chi connectivity index (χ1) is 4.83. The van der Waals surface area contributed by atoms with E-state index in [4.69, 9.17) is 9.26 Å². The van der Waals surface area contributed by atoms with Crippen LogP contribution in [0.5, 0.6) is 0 Å². The summed E-state index contributed by atoms with van der Waals surface area (Å²) in [4.78, 5) is 3.95. The lowest BCUT2D eigenvalue weighted by Gasteiger charge is -1.91. The zero-order valence-corrected chi connectivity index (χ0v) is 6.13. The van der Waals surface area contributed by atoms with Gasteiger partial charge in [-0.2, -0.15) is 4.98 Å². The second-order valence-corrected chi connectivity index (χ2v) is 1.87. The molecule has 0 saturated heterocycles. The molecule has 4 heteroatoms. The van der Waals surface area contributed by atoms with Crippen LogP contribution in [0.2, 0.25) is 0 Å². The van der Waals surface area contributed by atoms with Gasteiger partial charge in [-0.15, -0.1) is 0 Å². The molecule has 0 aliphatic carbocycles. The zero-order chi connectivity index (χ0) is 7.40. The van der Waals surface area contributed by atoms with Gasteiger partial charge in [0, 0.05) is 13.5 Å². The summed E-state index contributed by atoms with van der Waals surface area (Å²) in [7, 11) is 0. The zero-order valence-electron chi connectivity index (χ0n) is 6.13. The minimum Gasteiger partial charge on any atom is -0.374 e. The largest absolute Gasteiger partial charge is 0.374 e. The molecular weight excluding hydrogens is 132 g/mol. The summed E-state index contributed by atoms with van der Waals surface area (Å²) in [5, 5.41) is 3.64. The van der Waals surface area contributed by atoms with E-state index in [1.165, 1.54) is 0 Å². The third kappa shape index (κ3) is 1.80. The Morgan fingerprint density at radius 3 is 2.90 bits per heavy atom. The minimum absolute atomic E-state index is 0.438. The van der Waals surface area contributed by atoms with Crippen molar-refractivity contribution in [3.8, 4) is 0 Å². The summed E-state index contributed by atoms with van der Waals surface area (Å²) in [6, 6.07) is 0. The second-order valence-electron chi connectivity index (χ2n) is 1.87. The molecule has 0 saturated carbocycles. The SMILES string of the molecule is CCOCc1noc(C)n1. The summed E-state index contributed by atoms with van der Waals surface area (Å²) in [6.07, 6.45) is 0. The van der Waals surface area contributed by atoms with E-state index >= 15 is 0 Å². The predicted molar refractivity (Wildman–Crippen MR) is 34.4 cm³/mol. The Kier molecular flexibility index (Phi) is 2.39. The summed E-state index contributed by atoms with van der Waals surface area (Å²) in [6.45, 7) is 4.79. The molecule has 0 atom stereocenters. The van der Waals surface area contributed by atoms with Crippen molar-refractivity contribution < 1.29 is 9.26 Å². The Bertz CT molecular complexity index is 197. The third-order valence-corrected chi connectivity index (χ3v) is 1.00. The highest BCUT2D eigenvalue weighted by molar-refractivity contribution is 4.80. The highest BCUT2D eigenvalue weighted by atomic mass is 16.5. The summed E-state index contributed by atoms with van der Waals surface area (Å²) < 4.78 is 9.77. The van der Waals surface area contributed by atoms with Crippen molar-refractivity contribution in [2.75, 3.05) is 6.61 Å². The van der Waals surface area contributed by atoms with E-state index in [-0.39, 0.29) is 0 Å². The maximum absolute atomic E-state index is 5.05. The number of hydrogen-bond acceptors (Lipinski definition) is 4. The third-order valence-electron chi connectivity index (χ3n) is 1.00. The van der Waals surface area contributed by atoms with Crippen molar-refractivity contribution in [1.29, 1.82) is 0 Å². The normalized spacial score (nSPS) is 10.2. The van der Waals surface area contributed by atoms with Gasteiger partial charge in [-0.05, 0) is 6.92 Å². The Hall–Kier alpha value is -0.900. The molecule has 56 valence electrons. The smallest absolute Gasteiger partial charge is 0.223 e. The first kappa shape index (κ1) is 7.21. The van der Waals surface area contributed by atoms with Crippen molar-refractivity contribution in [1.82, 2.24) is 10.1 Å². The van der Waals surface area contributed by atoms with Crippen LogP contribution in [0, 0.1) is 6.92 Å². The lowest BCUT2D eigenvalue weighted by molar-refractivity contribution is 0.126. The highest BCUT2D eigenvalue weighted by Crippen LogP contribution is 1.95. The van der Waals surface area contributed by atoms with E-state index in [0.717, 1.165) is 0 Å². The number of ether oxygens (including phenoxy) is 1. The molecule has 0 N–H and O–H groups in total. The molecule has 0 aromatic carbocycles. The summed E-state index contributed by atoms with van der Waals surface area (Å²) in [5.41, 5.74) is 0. The van der Waals surface area contributed by atoms with Gasteiger partial charge in [0.25, 0.3) is 0 Å². The molecule has 1 aromatic rings. The van der Waals surface area contributed by atoms with Crippen molar-refractivity contribution in [2.24, 2.45) is 0 Å². The molecule has 1 heterocycles. The van der Waals surface area contributed by atoms with Crippen LogP contribution in [0.25, 0.3) is 0 Å². The lowest BCUT2D eigenvalue weighted by Crippen LogP contribution is -1.93. The van der Waals surface area contributed by atoms with Gasteiger partial charge in [0.2, 0.25) is 5.89 Å². The van der Waals surface area contributed by atoms with Crippen LogP contribution in [0.3, 0.4) is 0 Å². The summed E-state index contributed by atoms with van der Waals surface area (Å²) in [5.74, 6) is 1.19. The molecule has 10 heavy (non-hydrogen) atoms. The molecule has 4 nitrogen and oxygen atoms in total. The van der Waals surface area contributed by atoms with Gasteiger partial charge in [0.15, 0.2) is 5.82 Å². The van der Waals surface area contributed by atoms with Crippen molar-refractivity contribution in [2.45, 2.75) is 20.5 Å². The van der Waals surface area contributed by atoms with Crippen molar-refractivity contribution in [3.05, 3.63) is 11.7 Å². The van der Waals surface area contributed by atoms with Gasteiger partial charge in [0.1, 0.15) is 6.61 Å². The Morgan fingerprint density at radius 1 is 1.60 bits per heavy atom. The Morgan fingerprint density at radius 2 is 2.40 bits per heavy atom. The molecule has 1 rings (SSSR count). The van der Waals surface area contributed by atoms with Gasteiger partial charge in [-0.25, -0.2) is 0 Å². The molecule has 0 fully saturated rings. The fourth-order valence-corrected chi connectivity index (χ4v) is 0.593. The van der Waals surface area contributed by atoms with Crippen molar-refractivity contribution >= 4 is 0 Å². The molecule has 0 aliphatic heterocycles. The van der Waals surface area contributed by atoms with E-state index in [0.29, 0.717) is 24.9 Å². The van der Waals surface area contributed by atoms with E-state index in [1.807, 2.05) is 6.92 Å². The maximum atomic E-state index is 5.05. The van der Waals surface area contributed by atoms with Gasteiger partial charge in [0.05, 0.1) is 0 Å². The molecule has 0 unspecified atom stereocenters. The molecule has 0 radical (unpaired) electrons. The van der Waals surface area contributed by atoms with E-state index in [9.17, 15) is 0 Å². The van der Waals surface area contributed by atoms with E-state index in [1.54, 1.807) is 6.92 Å². The first-order valence-corrected chi connectivity index (χ1v) is 3.20. The average Bonchev–Trinajstić information content (AvgIpc) is 2.31. The Labute approximate surface area is 59.2 Å². The van der Waals surface area contributed by atoms with Crippen LogP contribution in [0.4, 0.5) is 0 Å². The second kappa shape index (κ2) is 3.31. The molecule has 1 aromatic heterocycles. The summed E-state index contributed by atoms with van der Waals surface area (Å²) >= 11 is 0. The molecule has 0 amide bonds. The van der Waals surface area contributed by atoms with Gasteiger partial charge in [-0.3, -0.25) is 0 Å². The van der Waals surface area contributed by atoms with Crippen LogP contribution in [0.1, 0.15) is 18.6 Å². The van der Waals surface area contributed by atoms with Crippen LogP contribution < -0.4 is 0 Å². The first-order valence-electron chi connectivity index (χ1n) is 3.20. The quantitative estimate of drug-likeness (QED) is 0.629. The molecular formula is C6H10N2O2. The minimum atomic E-state index is 0.438. The maximum Gasteiger partial charge on any atom is 0.223 e. The van der Waals surface area contributed by atoms with Gasteiger partial charge < -0.3 is 9.26 Å². The molecule has 0 aliphatic rings. The molecule has 0 spiro atoms. The van der Waals surface area contributed by atoms with E-state index < -0.39 is 0 Å². The number of rotatable bonds is 3. The molecule has 0 bridgehead atoms. The van der Waals surface area contributed by atoms with Crippen LogP contribution in [-0.4, -0.2) is 16.7 Å². The number of aromatic nitrogens is 2. The monoisotopic (exact) mass is 142 g/mol. The highest BCUT2D eigenvalue weighted by Gasteiger charge is 1.99. The van der Waals surface area contributed by atoms with Crippen LogP contribution >= 0.6 is 0 Å². The van der Waals surface area contributed by atoms with Gasteiger partial charge in [-0.1, -0.05) is 5.16 Å². The fraction of sp³-hybridized carbons (Fsp3) is 0.667. The predicted octanol–water partition coefficient (Wildman–Crippen LogP) is 0.915. The van der Waals surface area contributed by atoms with Crippen LogP contribution in [-0.2, 0) is 11.3 Å². The van der Waals surface area contributed by atoms with E-state index in [2.05, 4.69) is 10.1 Å². The number of hydrogen-bond donors (Lipinski definition) is 0. The average molecular weight is 142 g/mol. The standard InChI is InChI=1S/C6H10N2O2/c1-3-9-4-6-7-5(2)10-8-6/h3-4H2,1-2H3. The lowest BCUT2D eigenvalue weighted by atomic mass is 10.6. The van der Waals surface area contributed by atoms with Crippen LogP contribution in [0.15, 0.2) is 4.52 Å². The van der Waals surface area contributed by atoms with Crippen molar-refractivity contribution in [3.63, 3.8) is 0 Å². The topological polar surface area (TPSA) is 48.2 Å². The Balaban J connectivity index is 2.42. The number of nitrogens with zero attached hydrogens (tertiary/aromatic N) is 2. The number of aryl methyl sites for hydroxylation is 1. The fourth-order valence-electron chi connectivity index (χ4n) is 0.593.